The lowest BCUT2D eigenvalue weighted by molar-refractivity contribution is 0.298. The lowest BCUT2D eigenvalue weighted by Gasteiger charge is -2.19. The molecule has 1 aliphatic heterocycles. The topological polar surface area (TPSA) is 21.3 Å². The van der Waals surface area contributed by atoms with Gasteiger partial charge in [0, 0.05) is 5.56 Å². The number of hydrogen-bond donors (Lipinski definition) is 1. The fourth-order valence-corrected chi connectivity index (χ4v) is 3.49. The number of piperidine rings is 1. The van der Waals surface area contributed by atoms with Crippen LogP contribution in [-0.2, 0) is 12.1 Å². The molecule has 0 spiro atoms. The van der Waals surface area contributed by atoms with Crippen molar-refractivity contribution in [1.82, 2.24) is 5.32 Å². The van der Waals surface area contributed by atoms with Gasteiger partial charge in [-0.2, -0.15) is 0 Å². The van der Waals surface area contributed by atoms with Gasteiger partial charge in [-0.1, -0.05) is 48.5 Å². The van der Waals surface area contributed by atoms with E-state index < -0.39 is 0 Å². The van der Waals surface area contributed by atoms with E-state index in [0.29, 0.717) is 6.61 Å². The Balaban J connectivity index is 1.57. The van der Waals surface area contributed by atoms with Crippen LogP contribution in [0.15, 0.2) is 54.6 Å². The van der Waals surface area contributed by atoms with Gasteiger partial charge in [0.05, 0.1) is 5.54 Å². The maximum absolute atomic E-state index is 6.09. The molecule has 0 radical (unpaired) electrons. The third-order valence-corrected chi connectivity index (χ3v) is 4.64. The molecule has 2 aromatic carbocycles. The van der Waals surface area contributed by atoms with E-state index in [0.717, 1.165) is 18.2 Å². The maximum atomic E-state index is 6.09. The van der Waals surface area contributed by atoms with Crippen molar-refractivity contribution in [3.05, 3.63) is 65.7 Å². The Labute approximate surface area is 119 Å². The predicted octanol–water partition coefficient (Wildman–Crippen LogP) is 3.47. The minimum absolute atomic E-state index is 0.216. The summed E-state index contributed by atoms with van der Waals surface area (Å²) >= 11 is 0. The molecule has 2 unspecified atom stereocenters. The highest BCUT2D eigenvalue weighted by molar-refractivity contribution is 5.45. The quantitative estimate of drug-likeness (QED) is 0.914. The van der Waals surface area contributed by atoms with Gasteiger partial charge < -0.3 is 10.1 Å². The number of benzene rings is 2. The van der Waals surface area contributed by atoms with Crippen LogP contribution in [0.4, 0.5) is 0 Å². The lowest BCUT2D eigenvalue weighted by atomic mass is 10.0. The molecule has 0 bridgehead atoms. The van der Waals surface area contributed by atoms with Gasteiger partial charge >= 0.3 is 0 Å². The van der Waals surface area contributed by atoms with Crippen LogP contribution in [0.2, 0.25) is 0 Å². The number of para-hydroxylation sites is 1. The number of nitrogens with one attached hydrogen (secondary N) is 1. The summed E-state index contributed by atoms with van der Waals surface area (Å²) in [5, 5.41) is 3.68. The van der Waals surface area contributed by atoms with Crippen molar-refractivity contribution in [2.24, 2.45) is 5.92 Å². The Morgan fingerprint density at radius 3 is 2.60 bits per heavy atom. The molecule has 2 atom stereocenters. The van der Waals surface area contributed by atoms with Gasteiger partial charge in [-0.3, -0.25) is 0 Å². The summed E-state index contributed by atoms with van der Waals surface area (Å²) in [4.78, 5) is 0. The second-order valence-electron chi connectivity index (χ2n) is 5.86. The first kappa shape index (κ1) is 12.0. The van der Waals surface area contributed by atoms with E-state index in [1.54, 1.807) is 0 Å². The van der Waals surface area contributed by atoms with Crippen LogP contribution in [-0.4, -0.2) is 6.54 Å². The van der Waals surface area contributed by atoms with E-state index in [1.807, 2.05) is 6.07 Å². The largest absolute Gasteiger partial charge is 0.489 e. The SMILES string of the molecule is c1ccc(COc2ccccc2C23CC2CCN3)cc1. The molecular weight excluding hydrogens is 246 g/mol. The molecule has 1 saturated heterocycles. The molecule has 0 amide bonds. The molecule has 2 nitrogen and oxygen atoms in total. The number of hydrogen-bond acceptors (Lipinski definition) is 2. The van der Waals surface area contributed by atoms with Gasteiger partial charge in [-0.15, -0.1) is 0 Å². The Hall–Kier alpha value is -1.80. The zero-order valence-corrected chi connectivity index (χ0v) is 11.5. The minimum atomic E-state index is 0.216. The normalized spacial score (nSPS) is 27.1. The zero-order valence-electron chi connectivity index (χ0n) is 11.5. The maximum Gasteiger partial charge on any atom is 0.124 e. The van der Waals surface area contributed by atoms with Crippen molar-refractivity contribution in [2.45, 2.75) is 25.0 Å². The van der Waals surface area contributed by atoms with Gasteiger partial charge in [-0.25, -0.2) is 0 Å². The van der Waals surface area contributed by atoms with E-state index >= 15 is 0 Å². The van der Waals surface area contributed by atoms with Crippen molar-refractivity contribution in [1.29, 1.82) is 0 Å². The van der Waals surface area contributed by atoms with Crippen molar-refractivity contribution in [3.63, 3.8) is 0 Å². The molecule has 4 rings (SSSR count). The van der Waals surface area contributed by atoms with Crippen molar-refractivity contribution in [3.8, 4) is 5.75 Å². The summed E-state index contributed by atoms with van der Waals surface area (Å²) < 4.78 is 6.09. The third kappa shape index (κ3) is 1.92. The van der Waals surface area contributed by atoms with Crippen LogP contribution in [0, 0.1) is 5.92 Å². The molecule has 2 heteroatoms. The number of rotatable bonds is 4. The highest BCUT2D eigenvalue weighted by Crippen LogP contribution is 2.58. The molecule has 1 N–H and O–H groups in total. The molecular formula is C18H19NO. The zero-order chi connectivity index (χ0) is 13.4. The van der Waals surface area contributed by atoms with Gasteiger partial charge in [0.25, 0.3) is 0 Å². The number of fused-ring (bicyclic) bond motifs is 1. The van der Waals surface area contributed by atoms with Crippen LogP contribution < -0.4 is 10.1 Å². The van der Waals surface area contributed by atoms with Crippen LogP contribution in [0.25, 0.3) is 0 Å². The molecule has 2 aromatic rings. The monoisotopic (exact) mass is 265 g/mol. The minimum Gasteiger partial charge on any atom is -0.489 e. The summed E-state index contributed by atoms with van der Waals surface area (Å²) in [5.41, 5.74) is 2.78. The Kier molecular flexibility index (Phi) is 2.78. The van der Waals surface area contributed by atoms with Gasteiger partial charge in [0.2, 0.25) is 0 Å². The molecule has 1 saturated carbocycles. The van der Waals surface area contributed by atoms with E-state index in [-0.39, 0.29) is 5.54 Å². The summed E-state index contributed by atoms with van der Waals surface area (Å²) in [6, 6.07) is 18.9. The second kappa shape index (κ2) is 4.64. The van der Waals surface area contributed by atoms with Crippen LogP contribution in [0.3, 0.4) is 0 Å². The molecule has 2 aliphatic rings. The standard InChI is InChI=1S/C18H19NO/c1-2-6-14(7-3-1)13-20-17-9-5-4-8-16(17)18-12-15(18)10-11-19-18/h1-9,15,19H,10-13H2. The first-order valence-electron chi connectivity index (χ1n) is 7.40. The first-order chi connectivity index (χ1) is 9.88. The van der Waals surface area contributed by atoms with Crippen molar-refractivity contribution >= 4 is 0 Å². The van der Waals surface area contributed by atoms with E-state index in [2.05, 4.69) is 53.8 Å². The molecule has 1 aliphatic carbocycles. The summed E-state index contributed by atoms with van der Waals surface area (Å²) in [5.74, 6) is 1.84. The molecule has 1 heterocycles. The van der Waals surface area contributed by atoms with E-state index in [4.69, 9.17) is 4.74 Å². The molecule has 2 fully saturated rings. The molecule has 0 aromatic heterocycles. The van der Waals surface area contributed by atoms with Crippen LogP contribution in [0.5, 0.6) is 5.75 Å². The summed E-state index contributed by atoms with van der Waals surface area (Å²) in [6.45, 7) is 1.77. The average molecular weight is 265 g/mol. The Morgan fingerprint density at radius 2 is 1.85 bits per heavy atom. The Bertz CT molecular complexity index is 610. The van der Waals surface area contributed by atoms with Gasteiger partial charge in [0.1, 0.15) is 12.4 Å². The highest BCUT2D eigenvalue weighted by atomic mass is 16.5. The van der Waals surface area contributed by atoms with Crippen molar-refractivity contribution < 1.29 is 4.74 Å². The van der Waals surface area contributed by atoms with Crippen LogP contribution >= 0.6 is 0 Å². The average Bonchev–Trinajstić information content (AvgIpc) is 3.08. The van der Waals surface area contributed by atoms with Gasteiger partial charge in [0.15, 0.2) is 0 Å². The summed E-state index contributed by atoms with van der Waals surface area (Å²) in [7, 11) is 0. The number of ether oxygens (including phenoxy) is 1. The second-order valence-corrected chi connectivity index (χ2v) is 5.86. The third-order valence-electron chi connectivity index (χ3n) is 4.64. The van der Waals surface area contributed by atoms with Crippen molar-refractivity contribution in [2.75, 3.05) is 6.54 Å². The predicted molar refractivity (Wildman–Crippen MR) is 79.6 cm³/mol. The molecule has 102 valence electrons. The van der Waals surface area contributed by atoms with Gasteiger partial charge in [-0.05, 0) is 36.9 Å². The first-order valence-corrected chi connectivity index (χ1v) is 7.40. The lowest BCUT2D eigenvalue weighted by Crippen LogP contribution is -2.26. The fraction of sp³-hybridized carbons (Fsp3) is 0.333. The Morgan fingerprint density at radius 1 is 1.05 bits per heavy atom. The fourth-order valence-electron chi connectivity index (χ4n) is 3.49. The smallest absolute Gasteiger partial charge is 0.124 e. The van der Waals surface area contributed by atoms with E-state index in [9.17, 15) is 0 Å². The summed E-state index contributed by atoms with van der Waals surface area (Å²) in [6.07, 6.45) is 2.56. The van der Waals surface area contributed by atoms with Crippen LogP contribution in [0.1, 0.15) is 24.0 Å². The molecule has 20 heavy (non-hydrogen) atoms. The highest BCUT2D eigenvalue weighted by Gasteiger charge is 2.59. The van der Waals surface area contributed by atoms with E-state index in [1.165, 1.54) is 24.0 Å².